The number of nitrogens with one attached hydrogen (secondary N) is 1. The van der Waals surface area contributed by atoms with Crippen LogP contribution < -0.4 is 5.32 Å². The molecule has 4 heteroatoms. The molecule has 0 spiro atoms. The first kappa shape index (κ1) is 14.5. The molecule has 19 heavy (non-hydrogen) atoms. The lowest BCUT2D eigenvalue weighted by Crippen LogP contribution is -2.23. The number of nitrogens with zero attached hydrogens (tertiary/aromatic N) is 1. The number of pyridine rings is 1. The van der Waals surface area contributed by atoms with Gasteiger partial charge in [0.1, 0.15) is 0 Å². The van der Waals surface area contributed by atoms with Crippen molar-refractivity contribution in [1.82, 2.24) is 10.3 Å². The Kier molecular flexibility index (Phi) is 5.37. The van der Waals surface area contributed by atoms with E-state index in [1.807, 2.05) is 24.4 Å². The van der Waals surface area contributed by atoms with E-state index in [1.54, 1.807) is 6.20 Å². The molecule has 0 saturated heterocycles. The van der Waals surface area contributed by atoms with Gasteiger partial charge >= 0.3 is 0 Å². The molecule has 2 nitrogen and oxygen atoms in total. The third kappa shape index (κ3) is 3.78. The number of benzene rings is 1. The molecule has 1 N–H and O–H groups in total. The fraction of sp³-hybridized carbons (Fsp3) is 0.267. The molecule has 0 aliphatic carbocycles. The van der Waals surface area contributed by atoms with Gasteiger partial charge < -0.3 is 5.32 Å². The van der Waals surface area contributed by atoms with Crippen LogP contribution in [0.2, 0.25) is 5.02 Å². The van der Waals surface area contributed by atoms with Gasteiger partial charge in [-0.1, -0.05) is 30.7 Å². The second kappa shape index (κ2) is 7.04. The molecule has 1 unspecified atom stereocenters. The molecule has 0 aliphatic rings. The molecule has 1 heterocycles. The summed E-state index contributed by atoms with van der Waals surface area (Å²) < 4.78 is 0.915. The Morgan fingerprint density at radius 2 is 2.16 bits per heavy atom. The van der Waals surface area contributed by atoms with Gasteiger partial charge in [0.25, 0.3) is 0 Å². The number of halogens is 2. The molecule has 0 aliphatic heterocycles. The van der Waals surface area contributed by atoms with Crippen molar-refractivity contribution in [2.24, 2.45) is 0 Å². The highest BCUT2D eigenvalue weighted by Gasteiger charge is 2.14. The van der Waals surface area contributed by atoms with Crippen molar-refractivity contribution >= 4 is 27.5 Å². The van der Waals surface area contributed by atoms with E-state index in [0.717, 1.165) is 33.6 Å². The topological polar surface area (TPSA) is 24.9 Å². The molecule has 2 aromatic rings. The van der Waals surface area contributed by atoms with Crippen LogP contribution in [-0.2, 0) is 0 Å². The van der Waals surface area contributed by atoms with E-state index in [-0.39, 0.29) is 6.04 Å². The van der Waals surface area contributed by atoms with E-state index in [1.165, 1.54) is 0 Å². The molecule has 0 saturated carbocycles. The smallest absolute Gasteiger partial charge is 0.0592 e. The first-order valence-corrected chi connectivity index (χ1v) is 7.47. The van der Waals surface area contributed by atoms with Gasteiger partial charge in [0.2, 0.25) is 0 Å². The largest absolute Gasteiger partial charge is 0.306 e. The normalized spacial score (nSPS) is 12.4. The summed E-state index contributed by atoms with van der Waals surface area (Å²) in [5.74, 6) is 0. The number of hydrogen-bond acceptors (Lipinski definition) is 2. The van der Waals surface area contributed by atoms with Crippen LogP contribution in [0.5, 0.6) is 0 Å². The van der Waals surface area contributed by atoms with Gasteiger partial charge in [0, 0.05) is 16.9 Å². The Labute approximate surface area is 127 Å². The van der Waals surface area contributed by atoms with Crippen LogP contribution in [0.4, 0.5) is 0 Å². The standard InChI is InChI=1S/C15H16BrClN2/c1-2-7-19-15(12-4-3-8-18-10-12)11-5-6-13(16)14(17)9-11/h3-6,8-10,15,19H,2,7H2,1H3. The fourth-order valence-corrected chi connectivity index (χ4v) is 2.39. The first-order valence-electron chi connectivity index (χ1n) is 6.30. The molecule has 1 atom stereocenters. The summed E-state index contributed by atoms with van der Waals surface area (Å²) >= 11 is 9.61. The zero-order chi connectivity index (χ0) is 13.7. The van der Waals surface area contributed by atoms with Crippen molar-refractivity contribution in [3.63, 3.8) is 0 Å². The van der Waals surface area contributed by atoms with Crippen LogP contribution in [0.25, 0.3) is 0 Å². The van der Waals surface area contributed by atoms with E-state index < -0.39 is 0 Å². The van der Waals surface area contributed by atoms with Crippen molar-refractivity contribution in [2.75, 3.05) is 6.54 Å². The van der Waals surface area contributed by atoms with Gasteiger partial charge in [-0.05, 0) is 58.2 Å². The van der Waals surface area contributed by atoms with Crippen molar-refractivity contribution in [3.8, 4) is 0 Å². The van der Waals surface area contributed by atoms with Crippen molar-refractivity contribution < 1.29 is 0 Å². The van der Waals surface area contributed by atoms with Gasteiger partial charge in [-0.2, -0.15) is 0 Å². The van der Waals surface area contributed by atoms with Crippen molar-refractivity contribution in [3.05, 3.63) is 63.3 Å². The second-order valence-corrected chi connectivity index (χ2v) is 5.61. The van der Waals surface area contributed by atoms with E-state index in [0.29, 0.717) is 0 Å². The molecule has 1 aromatic carbocycles. The van der Waals surface area contributed by atoms with E-state index in [2.05, 4.69) is 45.3 Å². The number of hydrogen-bond donors (Lipinski definition) is 1. The highest BCUT2D eigenvalue weighted by molar-refractivity contribution is 9.10. The molecular formula is C15H16BrClN2. The first-order chi connectivity index (χ1) is 9.22. The maximum absolute atomic E-state index is 6.19. The summed E-state index contributed by atoms with van der Waals surface area (Å²) in [6.45, 7) is 3.11. The Bertz CT molecular complexity index is 531. The van der Waals surface area contributed by atoms with Crippen molar-refractivity contribution in [1.29, 1.82) is 0 Å². The summed E-state index contributed by atoms with van der Waals surface area (Å²) in [6, 6.07) is 10.2. The SMILES string of the molecule is CCCNC(c1cccnc1)c1ccc(Br)c(Cl)c1. The lowest BCUT2D eigenvalue weighted by molar-refractivity contribution is 0.597. The zero-order valence-electron chi connectivity index (χ0n) is 10.7. The minimum atomic E-state index is 0.124. The lowest BCUT2D eigenvalue weighted by atomic mass is 10.00. The highest BCUT2D eigenvalue weighted by Crippen LogP contribution is 2.28. The number of aromatic nitrogens is 1. The van der Waals surface area contributed by atoms with E-state index in [4.69, 9.17) is 11.6 Å². The van der Waals surface area contributed by atoms with Crippen LogP contribution in [0.15, 0.2) is 47.2 Å². The van der Waals surface area contributed by atoms with Crippen LogP contribution in [0.3, 0.4) is 0 Å². The molecule has 1 aromatic heterocycles. The summed E-state index contributed by atoms with van der Waals surface area (Å²) in [5, 5.41) is 4.26. The number of rotatable bonds is 5. The fourth-order valence-electron chi connectivity index (χ4n) is 1.96. The molecule has 0 fully saturated rings. The maximum Gasteiger partial charge on any atom is 0.0592 e. The predicted octanol–water partition coefficient (Wildman–Crippen LogP) is 4.59. The third-order valence-electron chi connectivity index (χ3n) is 2.89. The molecular weight excluding hydrogens is 324 g/mol. The average Bonchev–Trinajstić information content (AvgIpc) is 2.44. The van der Waals surface area contributed by atoms with Gasteiger partial charge in [0.15, 0.2) is 0 Å². The van der Waals surface area contributed by atoms with Gasteiger partial charge in [-0.25, -0.2) is 0 Å². The van der Waals surface area contributed by atoms with E-state index >= 15 is 0 Å². The van der Waals surface area contributed by atoms with E-state index in [9.17, 15) is 0 Å². The quantitative estimate of drug-likeness (QED) is 0.862. The lowest BCUT2D eigenvalue weighted by Gasteiger charge is -2.19. The highest BCUT2D eigenvalue weighted by atomic mass is 79.9. The van der Waals surface area contributed by atoms with Crippen LogP contribution in [0.1, 0.15) is 30.5 Å². The Hall–Kier alpha value is -0.900. The third-order valence-corrected chi connectivity index (χ3v) is 4.13. The maximum atomic E-state index is 6.19. The van der Waals surface area contributed by atoms with Crippen LogP contribution in [-0.4, -0.2) is 11.5 Å². The summed E-state index contributed by atoms with van der Waals surface area (Å²) in [6.07, 6.45) is 4.76. The Morgan fingerprint density at radius 3 is 2.79 bits per heavy atom. The van der Waals surface area contributed by atoms with Crippen LogP contribution in [0, 0.1) is 0 Å². The zero-order valence-corrected chi connectivity index (χ0v) is 13.1. The Balaban J connectivity index is 2.34. The second-order valence-electron chi connectivity index (χ2n) is 4.35. The van der Waals surface area contributed by atoms with Crippen LogP contribution >= 0.6 is 27.5 Å². The Morgan fingerprint density at radius 1 is 1.32 bits per heavy atom. The minimum Gasteiger partial charge on any atom is -0.306 e. The summed E-state index contributed by atoms with van der Waals surface area (Å²) in [5.41, 5.74) is 2.30. The van der Waals surface area contributed by atoms with Crippen molar-refractivity contribution in [2.45, 2.75) is 19.4 Å². The molecule has 0 radical (unpaired) electrons. The predicted molar refractivity (Wildman–Crippen MR) is 83.5 cm³/mol. The molecule has 2 rings (SSSR count). The summed E-state index contributed by atoms with van der Waals surface area (Å²) in [7, 11) is 0. The minimum absolute atomic E-state index is 0.124. The molecule has 100 valence electrons. The average molecular weight is 340 g/mol. The van der Waals surface area contributed by atoms with Gasteiger partial charge in [0.05, 0.1) is 11.1 Å². The molecule has 0 amide bonds. The monoisotopic (exact) mass is 338 g/mol. The van der Waals surface area contributed by atoms with Gasteiger partial charge in [-0.3, -0.25) is 4.98 Å². The molecule has 0 bridgehead atoms. The summed E-state index contributed by atoms with van der Waals surface area (Å²) in [4.78, 5) is 4.20. The van der Waals surface area contributed by atoms with Gasteiger partial charge in [-0.15, -0.1) is 0 Å².